The summed E-state index contributed by atoms with van der Waals surface area (Å²) in [6.07, 6.45) is 13.1. The van der Waals surface area contributed by atoms with E-state index in [-0.39, 0.29) is 36.5 Å². The Kier molecular flexibility index (Phi) is 5.48. The maximum Gasteiger partial charge on any atom is 0.410 e. The van der Waals surface area contributed by atoms with Gasteiger partial charge in [0.05, 0.1) is 12.0 Å². The Labute approximate surface area is 173 Å². The molecule has 0 spiro atoms. The lowest BCUT2D eigenvalue weighted by Gasteiger charge is -2.40. The first-order valence-corrected chi connectivity index (χ1v) is 11.9. The quantitative estimate of drug-likeness (QED) is 0.505. The molecule has 1 saturated heterocycles. The van der Waals surface area contributed by atoms with Gasteiger partial charge in [-0.15, -0.1) is 0 Å². The molecule has 1 heterocycles. The van der Waals surface area contributed by atoms with Crippen LogP contribution in [0.5, 0.6) is 0 Å². The lowest BCUT2D eigenvalue weighted by Crippen LogP contribution is -2.46. The number of hydrogen-bond donors (Lipinski definition) is 0. The highest BCUT2D eigenvalue weighted by Gasteiger charge is 2.58. The van der Waals surface area contributed by atoms with Crippen molar-refractivity contribution in [3.8, 4) is 0 Å². The Morgan fingerprint density at radius 2 is 1.59 bits per heavy atom. The van der Waals surface area contributed by atoms with Gasteiger partial charge in [-0.3, -0.25) is 4.79 Å². The number of amides is 1. The lowest BCUT2D eigenvalue weighted by atomic mass is 9.78. The predicted octanol–water partition coefficient (Wildman–Crippen LogP) is 4.26. The van der Waals surface area contributed by atoms with Gasteiger partial charge in [-0.25, -0.2) is 4.79 Å². The van der Waals surface area contributed by atoms with E-state index in [4.69, 9.17) is 14.2 Å². The van der Waals surface area contributed by atoms with Crippen molar-refractivity contribution in [2.24, 2.45) is 23.7 Å². The molecule has 6 heteroatoms. The highest BCUT2D eigenvalue weighted by atomic mass is 16.7. The Morgan fingerprint density at radius 1 is 0.897 bits per heavy atom. The van der Waals surface area contributed by atoms with Gasteiger partial charge < -0.3 is 19.1 Å². The summed E-state index contributed by atoms with van der Waals surface area (Å²) in [6, 6.07) is 0. The van der Waals surface area contributed by atoms with Gasteiger partial charge in [-0.2, -0.15) is 0 Å². The van der Waals surface area contributed by atoms with Gasteiger partial charge in [-0.05, 0) is 75.5 Å². The van der Waals surface area contributed by atoms with Gasteiger partial charge in [0.15, 0.2) is 6.79 Å². The number of esters is 1. The SMILES string of the molecule is O=C(OCOC1CCCCC1)C1CCN(C(=O)OC23CC4CC(C2)C(C4)C3)CC1. The van der Waals surface area contributed by atoms with Gasteiger partial charge in [0.25, 0.3) is 0 Å². The molecule has 29 heavy (non-hydrogen) atoms. The molecule has 0 N–H and O–H groups in total. The predicted molar refractivity (Wildman–Crippen MR) is 106 cm³/mol. The first-order chi connectivity index (χ1) is 14.1. The largest absolute Gasteiger partial charge is 0.443 e. The highest BCUT2D eigenvalue weighted by molar-refractivity contribution is 5.73. The van der Waals surface area contributed by atoms with Gasteiger partial charge in [-0.1, -0.05) is 19.3 Å². The summed E-state index contributed by atoms with van der Waals surface area (Å²) in [5.74, 6) is 2.04. The van der Waals surface area contributed by atoms with Crippen molar-refractivity contribution in [2.45, 2.75) is 88.8 Å². The van der Waals surface area contributed by atoms with E-state index in [1.54, 1.807) is 4.90 Å². The molecule has 0 aromatic carbocycles. The number of nitrogens with zero attached hydrogens (tertiary/aromatic N) is 1. The minimum absolute atomic E-state index is 0.0672. The van der Waals surface area contributed by atoms with Gasteiger partial charge in [0, 0.05) is 13.1 Å². The Morgan fingerprint density at radius 3 is 2.24 bits per heavy atom. The Hall–Kier alpha value is -1.30. The molecule has 0 aromatic heterocycles. The molecule has 4 bridgehead atoms. The highest BCUT2D eigenvalue weighted by Crippen LogP contribution is 2.61. The van der Waals surface area contributed by atoms with E-state index >= 15 is 0 Å². The average Bonchev–Trinajstić information content (AvgIpc) is 3.14. The fourth-order valence-electron chi connectivity index (χ4n) is 6.95. The molecule has 6 nitrogen and oxygen atoms in total. The van der Waals surface area contributed by atoms with Crippen LogP contribution >= 0.6 is 0 Å². The summed E-state index contributed by atoms with van der Waals surface area (Å²) >= 11 is 0. The third-order valence-corrected chi connectivity index (χ3v) is 8.32. The van der Waals surface area contributed by atoms with Crippen molar-refractivity contribution in [2.75, 3.05) is 19.9 Å². The number of rotatable bonds is 5. The fourth-order valence-corrected chi connectivity index (χ4v) is 6.95. The van der Waals surface area contributed by atoms with Crippen LogP contribution in [-0.2, 0) is 19.0 Å². The van der Waals surface area contributed by atoms with Crippen LogP contribution < -0.4 is 0 Å². The molecule has 1 aliphatic heterocycles. The van der Waals surface area contributed by atoms with Crippen LogP contribution in [0.4, 0.5) is 4.79 Å². The second kappa shape index (κ2) is 8.09. The molecule has 1 amide bonds. The summed E-state index contributed by atoms with van der Waals surface area (Å²) in [4.78, 5) is 26.9. The second-order valence-electron chi connectivity index (χ2n) is 10.3. The third kappa shape index (κ3) is 4.14. The lowest BCUT2D eigenvalue weighted by molar-refractivity contribution is -0.168. The fraction of sp³-hybridized carbons (Fsp3) is 0.913. The van der Waals surface area contributed by atoms with Crippen molar-refractivity contribution in [1.82, 2.24) is 4.90 Å². The summed E-state index contributed by atoms with van der Waals surface area (Å²) in [5.41, 5.74) is -0.181. The van der Waals surface area contributed by atoms with E-state index in [9.17, 15) is 9.59 Å². The van der Waals surface area contributed by atoms with E-state index in [2.05, 4.69) is 0 Å². The summed E-state index contributed by atoms with van der Waals surface area (Å²) < 4.78 is 17.2. The number of carbonyl (C=O) groups excluding carboxylic acids is 2. The number of carbonyl (C=O) groups is 2. The molecule has 6 rings (SSSR count). The molecule has 5 saturated carbocycles. The van der Waals surface area contributed by atoms with Gasteiger partial charge in [0.1, 0.15) is 5.60 Å². The summed E-state index contributed by atoms with van der Waals surface area (Å²) in [5, 5.41) is 0. The minimum Gasteiger partial charge on any atom is -0.443 e. The first kappa shape index (κ1) is 19.7. The number of piperidine rings is 1. The number of hydrogen-bond acceptors (Lipinski definition) is 5. The first-order valence-electron chi connectivity index (χ1n) is 11.9. The summed E-state index contributed by atoms with van der Waals surface area (Å²) in [7, 11) is 0. The monoisotopic (exact) mass is 405 g/mol. The molecule has 6 aliphatic rings. The van der Waals surface area contributed by atoms with Crippen molar-refractivity contribution < 1.29 is 23.8 Å². The van der Waals surface area contributed by atoms with E-state index < -0.39 is 0 Å². The van der Waals surface area contributed by atoms with Crippen molar-refractivity contribution in [3.05, 3.63) is 0 Å². The van der Waals surface area contributed by atoms with Crippen LogP contribution in [0.15, 0.2) is 0 Å². The molecular formula is C23H35NO5. The van der Waals surface area contributed by atoms with Gasteiger partial charge in [0.2, 0.25) is 0 Å². The molecule has 6 fully saturated rings. The molecule has 2 unspecified atom stereocenters. The topological polar surface area (TPSA) is 65.1 Å². The Bertz CT molecular complexity index is 603. The molecule has 0 radical (unpaired) electrons. The third-order valence-electron chi connectivity index (χ3n) is 8.32. The zero-order chi connectivity index (χ0) is 19.8. The van der Waals surface area contributed by atoms with E-state index in [0.717, 1.165) is 49.9 Å². The van der Waals surface area contributed by atoms with Crippen LogP contribution in [0.3, 0.4) is 0 Å². The smallest absolute Gasteiger partial charge is 0.410 e. The van der Waals surface area contributed by atoms with Gasteiger partial charge >= 0.3 is 12.1 Å². The zero-order valence-electron chi connectivity index (χ0n) is 17.5. The van der Waals surface area contributed by atoms with E-state index in [0.29, 0.717) is 25.9 Å². The molecule has 0 aromatic rings. The Balaban J connectivity index is 1.03. The normalized spacial score (nSPS) is 37.1. The van der Waals surface area contributed by atoms with Crippen LogP contribution in [0, 0.1) is 23.7 Å². The van der Waals surface area contributed by atoms with Crippen molar-refractivity contribution >= 4 is 12.1 Å². The average molecular weight is 406 g/mol. The molecular weight excluding hydrogens is 370 g/mol. The van der Waals surface area contributed by atoms with Crippen LogP contribution in [-0.4, -0.2) is 48.5 Å². The molecule has 162 valence electrons. The maximum atomic E-state index is 12.8. The number of ether oxygens (including phenoxy) is 3. The zero-order valence-corrected chi connectivity index (χ0v) is 17.5. The molecule has 5 aliphatic carbocycles. The molecule has 2 atom stereocenters. The van der Waals surface area contributed by atoms with Crippen molar-refractivity contribution in [3.63, 3.8) is 0 Å². The van der Waals surface area contributed by atoms with Crippen LogP contribution in [0.25, 0.3) is 0 Å². The van der Waals surface area contributed by atoms with E-state index in [1.165, 1.54) is 32.1 Å². The number of likely N-dealkylation sites (tertiary alicyclic amines) is 1. The van der Waals surface area contributed by atoms with Crippen LogP contribution in [0.2, 0.25) is 0 Å². The second-order valence-corrected chi connectivity index (χ2v) is 10.3. The standard InChI is InChI=1S/C23H35NO5/c25-21(28-15-27-20-4-2-1-3-5-20)17-6-8-24(9-7-17)22(26)29-23-12-16-10-18(13-23)19(11-16)14-23/h16-20H,1-15H2. The minimum atomic E-state index is -0.182. The van der Waals surface area contributed by atoms with E-state index in [1.807, 2.05) is 0 Å². The van der Waals surface area contributed by atoms with Crippen LogP contribution in [0.1, 0.15) is 77.0 Å². The summed E-state index contributed by atoms with van der Waals surface area (Å²) in [6.45, 7) is 1.22. The van der Waals surface area contributed by atoms with Crippen molar-refractivity contribution in [1.29, 1.82) is 0 Å². The maximum absolute atomic E-state index is 12.8.